The van der Waals surface area contributed by atoms with Crippen molar-refractivity contribution >= 4 is 27.5 Å². The lowest BCUT2D eigenvalue weighted by atomic mass is 10.3. The van der Waals surface area contributed by atoms with Crippen molar-refractivity contribution in [2.24, 2.45) is 0 Å². The van der Waals surface area contributed by atoms with Gasteiger partial charge < -0.3 is 5.32 Å². The lowest BCUT2D eigenvalue weighted by Gasteiger charge is -2.18. The van der Waals surface area contributed by atoms with Crippen LogP contribution in [0, 0.1) is 5.82 Å². The zero-order valence-corrected chi connectivity index (χ0v) is 13.3. The number of benzene rings is 1. The highest BCUT2D eigenvalue weighted by Gasteiger charge is 2.21. The molecule has 2 N–H and O–H groups in total. The average Bonchev–Trinajstić information content (AvgIpc) is 3.22. The molecule has 0 bridgehead atoms. The number of nitrogens with one attached hydrogen (secondary N) is 2. The van der Waals surface area contributed by atoms with Gasteiger partial charge in [0.05, 0.1) is 10.7 Å². The molecule has 1 aliphatic carbocycles. The van der Waals surface area contributed by atoms with E-state index in [0.29, 0.717) is 12.6 Å². The third-order valence-corrected chi connectivity index (χ3v) is 5.02. The molecule has 0 spiro atoms. The third-order valence-electron chi connectivity index (χ3n) is 3.24. The van der Waals surface area contributed by atoms with Gasteiger partial charge in [-0.1, -0.05) is 11.6 Å². The highest BCUT2D eigenvalue weighted by Crippen LogP contribution is 2.21. The molecule has 1 aliphatic rings. The second-order valence-electron chi connectivity index (χ2n) is 5.14. The highest BCUT2D eigenvalue weighted by molar-refractivity contribution is 7.90. The first-order valence-corrected chi connectivity index (χ1v) is 8.63. The van der Waals surface area contributed by atoms with Crippen LogP contribution in [0.1, 0.15) is 19.3 Å². The van der Waals surface area contributed by atoms with Crippen molar-refractivity contribution < 1.29 is 12.8 Å². The fraction of sp³-hybridized carbons (Fsp3) is 0.538. The molecule has 8 heteroatoms. The summed E-state index contributed by atoms with van der Waals surface area (Å²) in [5.74, 6) is -0.584. The van der Waals surface area contributed by atoms with E-state index < -0.39 is 16.0 Å². The van der Waals surface area contributed by atoms with Crippen LogP contribution in [0.15, 0.2) is 18.2 Å². The maximum absolute atomic E-state index is 13.0. The summed E-state index contributed by atoms with van der Waals surface area (Å²) in [6, 6.07) is 4.32. The number of hydrogen-bond donors (Lipinski definition) is 2. The quantitative estimate of drug-likeness (QED) is 0.716. The van der Waals surface area contributed by atoms with Gasteiger partial charge in [-0.3, -0.25) is 4.72 Å². The maximum atomic E-state index is 13.0. The number of halogens is 2. The molecule has 0 amide bonds. The van der Waals surface area contributed by atoms with E-state index in [-0.39, 0.29) is 10.7 Å². The second kappa shape index (κ2) is 6.91. The van der Waals surface area contributed by atoms with Crippen LogP contribution in [0.2, 0.25) is 5.02 Å². The average molecular weight is 336 g/mol. The smallest absolute Gasteiger partial charge is 0.301 e. The van der Waals surface area contributed by atoms with E-state index in [1.54, 1.807) is 0 Å². The van der Waals surface area contributed by atoms with Crippen LogP contribution < -0.4 is 10.0 Å². The Balaban J connectivity index is 1.85. The molecule has 2 rings (SSSR count). The Bertz CT molecular complexity index is 593. The standard InChI is InChI=1S/C13H19ClFN3O2S/c1-18(8-2-7-16-10-3-4-10)21(19,20)17-11-5-6-13(15)12(14)9-11/h5-6,9-10,16-17H,2-4,7-8H2,1H3. The Morgan fingerprint density at radius 2 is 2.14 bits per heavy atom. The van der Waals surface area contributed by atoms with Crippen LogP contribution in [-0.2, 0) is 10.2 Å². The normalized spacial score (nSPS) is 15.4. The van der Waals surface area contributed by atoms with E-state index in [2.05, 4.69) is 10.0 Å². The third kappa shape index (κ3) is 5.10. The zero-order valence-electron chi connectivity index (χ0n) is 11.8. The second-order valence-corrected chi connectivity index (χ2v) is 7.32. The molecule has 0 atom stereocenters. The topological polar surface area (TPSA) is 61.4 Å². The van der Waals surface area contributed by atoms with Gasteiger partial charge in [-0.25, -0.2) is 4.39 Å². The molecule has 0 unspecified atom stereocenters. The minimum Gasteiger partial charge on any atom is -0.314 e. The molecule has 0 heterocycles. The minimum absolute atomic E-state index is 0.119. The van der Waals surface area contributed by atoms with Crippen LogP contribution >= 0.6 is 11.6 Å². The summed E-state index contributed by atoms with van der Waals surface area (Å²) in [6.07, 6.45) is 3.15. The summed E-state index contributed by atoms with van der Waals surface area (Å²) >= 11 is 5.63. The van der Waals surface area contributed by atoms with Gasteiger partial charge in [0.1, 0.15) is 5.82 Å². The molecule has 1 aromatic rings. The Morgan fingerprint density at radius 3 is 2.76 bits per heavy atom. The SMILES string of the molecule is CN(CCCNC1CC1)S(=O)(=O)Nc1ccc(F)c(Cl)c1. The van der Waals surface area contributed by atoms with E-state index in [1.807, 2.05) is 0 Å². The first kappa shape index (κ1) is 16.5. The Morgan fingerprint density at radius 1 is 1.43 bits per heavy atom. The van der Waals surface area contributed by atoms with Crippen molar-refractivity contribution in [3.63, 3.8) is 0 Å². The first-order valence-electron chi connectivity index (χ1n) is 6.81. The molecule has 0 radical (unpaired) electrons. The molecule has 5 nitrogen and oxygen atoms in total. The molecule has 0 aliphatic heterocycles. The molecule has 0 saturated heterocycles. The van der Waals surface area contributed by atoms with Gasteiger partial charge in [-0.2, -0.15) is 12.7 Å². The summed E-state index contributed by atoms with van der Waals surface area (Å²) in [5, 5.41) is 3.21. The van der Waals surface area contributed by atoms with E-state index in [9.17, 15) is 12.8 Å². The largest absolute Gasteiger partial charge is 0.314 e. The van der Waals surface area contributed by atoms with E-state index >= 15 is 0 Å². The summed E-state index contributed by atoms with van der Waals surface area (Å²) < 4.78 is 40.8. The molecular formula is C13H19ClFN3O2S. The number of hydrogen-bond acceptors (Lipinski definition) is 3. The van der Waals surface area contributed by atoms with Gasteiger partial charge in [0, 0.05) is 19.6 Å². The van der Waals surface area contributed by atoms with Crippen molar-refractivity contribution in [1.82, 2.24) is 9.62 Å². The molecule has 1 aromatic carbocycles. The van der Waals surface area contributed by atoms with Gasteiger partial charge in [-0.15, -0.1) is 0 Å². The molecule has 21 heavy (non-hydrogen) atoms. The van der Waals surface area contributed by atoms with Crippen LogP contribution in [0.5, 0.6) is 0 Å². The van der Waals surface area contributed by atoms with Crippen LogP contribution in [0.4, 0.5) is 10.1 Å². The van der Waals surface area contributed by atoms with Crippen molar-refractivity contribution in [2.75, 3.05) is 24.9 Å². The predicted molar refractivity (Wildman–Crippen MR) is 82.2 cm³/mol. The fourth-order valence-corrected chi connectivity index (χ4v) is 2.93. The first-order chi connectivity index (χ1) is 9.88. The lowest BCUT2D eigenvalue weighted by molar-refractivity contribution is 0.458. The number of rotatable bonds is 8. The number of nitrogens with zero attached hydrogens (tertiary/aromatic N) is 1. The molecule has 118 valence electrons. The van der Waals surface area contributed by atoms with Crippen molar-refractivity contribution in [3.8, 4) is 0 Å². The van der Waals surface area contributed by atoms with E-state index in [0.717, 1.165) is 19.0 Å². The molecule has 1 fully saturated rings. The predicted octanol–water partition coefficient (Wildman–Crippen LogP) is 2.21. The summed E-state index contributed by atoms with van der Waals surface area (Å²) in [7, 11) is -2.15. The lowest BCUT2D eigenvalue weighted by Crippen LogP contribution is -2.34. The monoisotopic (exact) mass is 335 g/mol. The minimum atomic E-state index is -3.65. The van der Waals surface area contributed by atoms with Crippen LogP contribution in [0.3, 0.4) is 0 Å². The van der Waals surface area contributed by atoms with Gasteiger partial charge in [0.15, 0.2) is 0 Å². The van der Waals surface area contributed by atoms with Crippen molar-refractivity contribution in [3.05, 3.63) is 29.0 Å². The van der Waals surface area contributed by atoms with E-state index in [4.69, 9.17) is 11.6 Å². The van der Waals surface area contributed by atoms with E-state index in [1.165, 1.54) is 36.3 Å². The zero-order chi connectivity index (χ0) is 15.5. The van der Waals surface area contributed by atoms with Gasteiger partial charge in [0.2, 0.25) is 0 Å². The summed E-state index contributed by atoms with van der Waals surface area (Å²) in [4.78, 5) is 0. The van der Waals surface area contributed by atoms with Crippen molar-refractivity contribution in [1.29, 1.82) is 0 Å². The highest BCUT2D eigenvalue weighted by atomic mass is 35.5. The van der Waals surface area contributed by atoms with Crippen LogP contribution in [0.25, 0.3) is 0 Å². The Kier molecular flexibility index (Phi) is 5.43. The molecule has 1 saturated carbocycles. The van der Waals surface area contributed by atoms with Crippen LogP contribution in [-0.4, -0.2) is 38.9 Å². The molecule has 0 aromatic heterocycles. The number of anilines is 1. The van der Waals surface area contributed by atoms with Gasteiger partial charge in [-0.05, 0) is 44.0 Å². The van der Waals surface area contributed by atoms with Crippen molar-refractivity contribution in [2.45, 2.75) is 25.3 Å². The maximum Gasteiger partial charge on any atom is 0.301 e. The van der Waals surface area contributed by atoms with Gasteiger partial charge >= 0.3 is 10.2 Å². The summed E-state index contributed by atoms with van der Waals surface area (Å²) in [5.41, 5.74) is 0.240. The molecular weight excluding hydrogens is 317 g/mol. The van der Waals surface area contributed by atoms with Gasteiger partial charge in [0.25, 0.3) is 0 Å². The fourth-order valence-electron chi connectivity index (χ4n) is 1.80. The Labute approximate surface area is 129 Å². The summed E-state index contributed by atoms with van der Waals surface area (Å²) in [6.45, 7) is 1.21. The Hall–Kier alpha value is -0.890.